The van der Waals surface area contributed by atoms with Crippen molar-refractivity contribution >= 4 is 67.8 Å². The summed E-state index contributed by atoms with van der Waals surface area (Å²) in [6, 6.07) is 50.3. The van der Waals surface area contributed by atoms with Gasteiger partial charge in [0.15, 0.2) is 0 Å². The van der Waals surface area contributed by atoms with Crippen LogP contribution in [-0.2, 0) is 0 Å². The Morgan fingerprint density at radius 1 is 0.438 bits per heavy atom. The third-order valence-corrected chi connectivity index (χ3v) is 11.4. The molecular weight excluding hydrogens is 655 g/mol. The van der Waals surface area contributed by atoms with Crippen molar-refractivity contribution in [1.29, 1.82) is 0 Å². The summed E-state index contributed by atoms with van der Waals surface area (Å²) in [6.07, 6.45) is 0. The van der Waals surface area contributed by atoms with Crippen LogP contribution in [0.4, 0.5) is 0 Å². The molecule has 0 spiro atoms. The van der Waals surface area contributed by atoms with Gasteiger partial charge in [-0.15, -0.1) is 0 Å². The molecule has 10 aromatic rings. The van der Waals surface area contributed by atoms with Crippen LogP contribution in [0.2, 0.25) is 0 Å². The van der Waals surface area contributed by atoms with Crippen LogP contribution in [0.5, 0.6) is 0 Å². The number of furan rings is 1. The van der Waals surface area contributed by atoms with Gasteiger partial charge in [-0.3, -0.25) is 0 Å². The topological polar surface area (TPSA) is 64.7 Å². The maximum absolute atomic E-state index is 6.22. The van der Waals surface area contributed by atoms with Gasteiger partial charge in [0.2, 0.25) is 0 Å². The summed E-state index contributed by atoms with van der Waals surface area (Å²) in [7, 11) is 0. The van der Waals surface area contributed by atoms with E-state index in [1.54, 1.807) is 0 Å². The van der Waals surface area contributed by atoms with Crippen LogP contribution < -0.4 is 0 Å². The van der Waals surface area contributed by atoms with Gasteiger partial charge in [0.1, 0.15) is 0 Å². The molecule has 0 atom stereocenters. The predicted octanol–water partition coefficient (Wildman–Crippen LogP) is 10.4. The number of hydrogen-bond donors (Lipinski definition) is 0. The maximum atomic E-state index is 6.22. The fraction of sp³-hybridized carbons (Fsp3) is 0. The molecule has 6 heteroatoms. The standard InChI is InChI=1S/C42H24N4OSe/c1-2-10-27(11-3-1)39-44-40(46-41(45-39)32-14-8-16-36-37(32)31-13-6-7-15-35(31)47-36)29-19-18-26-21-22-34-38(33(26)24-29)48-42(43-34)30-20-17-25-9-4-5-12-28(25)23-30/h1-24H. The summed E-state index contributed by atoms with van der Waals surface area (Å²) >= 11 is 0.0490. The van der Waals surface area contributed by atoms with Crippen molar-refractivity contribution in [1.82, 2.24) is 19.9 Å². The first kappa shape index (κ1) is 27.2. The Kier molecular flexibility index (Phi) is 6.13. The average molecular weight is 680 g/mol. The summed E-state index contributed by atoms with van der Waals surface area (Å²) in [6.45, 7) is 0. The summed E-state index contributed by atoms with van der Waals surface area (Å²) < 4.78 is 8.65. The van der Waals surface area contributed by atoms with Crippen LogP contribution in [0.15, 0.2) is 150 Å². The quantitative estimate of drug-likeness (QED) is 0.173. The van der Waals surface area contributed by atoms with E-state index in [9.17, 15) is 0 Å². The number of hydrogen-bond acceptors (Lipinski definition) is 5. The van der Waals surface area contributed by atoms with Crippen molar-refractivity contribution in [2.24, 2.45) is 0 Å². The van der Waals surface area contributed by atoms with E-state index in [0.29, 0.717) is 17.5 Å². The van der Waals surface area contributed by atoms with Crippen molar-refractivity contribution in [3.8, 4) is 44.3 Å². The molecule has 0 saturated carbocycles. The minimum absolute atomic E-state index is 0.0490. The number of benzene rings is 7. The first-order valence-electron chi connectivity index (χ1n) is 15.8. The molecule has 0 fully saturated rings. The Hall–Kier alpha value is -5.94. The molecule has 3 heterocycles. The Morgan fingerprint density at radius 2 is 1.15 bits per heavy atom. The van der Waals surface area contributed by atoms with Crippen LogP contribution in [0.25, 0.3) is 97.6 Å². The predicted molar refractivity (Wildman–Crippen MR) is 196 cm³/mol. The molecule has 10 rings (SSSR count). The SMILES string of the molecule is c1ccc(-c2nc(-c3ccc4ccc5nc(-c6ccc7ccccc7c6)[se]c5c4c3)nc(-c3cccc4oc5ccccc5c34)n2)cc1. The van der Waals surface area contributed by atoms with Crippen molar-refractivity contribution in [2.45, 2.75) is 0 Å². The van der Waals surface area contributed by atoms with E-state index >= 15 is 0 Å². The van der Waals surface area contributed by atoms with Gasteiger partial charge in [-0.1, -0.05) is 6.07 Å². The van der Waals surface area contributed by atoms with E-state index in [4.69, 9.17) is 24.4 Å². The van der Waals surface area contributed by atoms with E-state index in [-0.39, 0.29) is 14.5 Å². The molecule has 0 aliphatic carbocycles. The summed E-state index contributed by atoms with van der Waals surface area (Å²) in [5.41, 5.74) is 6.67. The molecule has 48 heavy (non-hydrogen) atoms. The van der Waals surface area contributed by atoms with Crippen molar-refractivity contribution in [3.05, 3.63) is 146 Å². The third-order valence-electron chi connectivity index (χ3n) is 8.94. The van der Waals surface area contributed by atoms with Crippen LogP contribution in [0.3, 0.4) is 0 Å². The van der Waals surface area contributed by atoms with Gasteiger partial charge in [0.05, 0.1) is 0 Å². The molecule has 3 aromatic heterocycles. The minimum atomic E-state index is 0.0490. The fourth-order valence-corrected chi connectivity index (χ4v) is 8.87. The normalized spacial score (nSPS) is 11.8. The number of aromatic nitrogens is 4. The first-order valence-corrected chi connectivity index (χ1v) is 17.5. The second-order valence-electron chi connectivity index (χ2n) is 11.9. The Morgan fingerprint density at radius 3 is 2.06 bits per heavy atom. The van der Waals surface area contributed by atoms with Gasteiger partial charge in [0, 0.05) is 0 Å². The van der Waals surface area contributed by atoms with E-state index in [1.807, 2.05) is 60.7 Å². The fourth-order valence-electron chi connectivity index (χ4n) is 6.59. The zero-order valence-electron chi connectivity index (χ0n) is 25.5. The first-order chi connectivity index (χ1) is 23.7. The van der Waals surface area contributed by atoms with Gasteiger partial charge in [0.25, 0.3) is 0 Å². The van der Waals surface area contributed by atoms with Crippen LogP contribution in [0, 0.1) is 0 Å². The molecule has 0 saturated heterocycles. The van der Waals surface area contributed by atoms with Gasteiger partial charge in [-0.25, -0.2) is 0 Å². The summed E-state index contributed by atoms with van der Waals surface area (Å²) in [5, 5.41) is 6.88. The molecule has 5 nitrogen and oxygen atoms in total. The summed E-state index contributed by atoms with van der Waals surface area (Å²) in [4.78, 5) is 20.4. The van der Waals surface area contributed by atoms with Crippen LogP contribution in [0.1, 0.15) is 0 Å². The molecule has 0 aliphatic rings. The van der Waals surface area contributed by atoms with Crippen molar-refractivity contribution in [3.63, 3.8) is 0 Å². The van der Waals surface area contributed by atoms with Crippen molar-refractivity contribution in [2.75, 3.05) is 0 Å². The van der Waals surface area contributed by atoms with Gasteiger partial charge in [-0.2, -0.15) is 0 Å². The van der Waals surface area contributed by atoms with Gasteiger partial charge in [-0.05, 0) is 0 Å². The molecule has 0 radical (unpaired) electrons. The second-order valence-corrected chi connectivity index (χ2v) is 14.0. The second kappa shape index (κ2) is 10.8. The number of nitrogens with zero attached hydrogens (tertiary/aromatic N) is 4. The molecule has 0 N–H and O–H groups in total. The van der Waals surface area contributed by atoms with Crippen LogP contribution >= 0.6 is 0 Å². The zero-order valence-corrected chi connectivity index (χ0v) is 27.2. The molecular formula is C42H24N4OSe. The van der Waals surface area contributed by atoms with Gasteiger partial charge >= 0.3 is 276 Å². The molecule has 7 aromatic carbocycles. The molecule has 0 aliphatic heterocycles. The molecule has 224 valence electrons. The average Bonchev–Trinajstić information content (AvgIpc) is 3.77. The Balaban J connectivity index is 1.17. The zero-order chi connectivity index (χ0) is 31.6. The Bertz CT molecular complexity index is 2860. The van der Waals surface area contributed by atoms with Gasteiger partial charge < -0.3 is 0 Å². The molecule has 0 unspecified atom stereocenters. The van der Waals surface area contributed by atoms with E-state index in [2.05, 4.69) is 84.9 Å². The van der Waals surface area contributed by atoms with E-state index in [1.165, 1.54) is 31.4 Å². The van der Waals surface area contributed by atoms with E-state index < -0.39 is 0 Å². The van der Waals surface area contributed by atoms with Crippen molar-refractivity contribution < 1.29 is 4.42 Å². The monoisotopic (exact) mass is 680 g/mol. The third kappa shape index (κ3) is 4.46. The van der Waals surface area contributed by atoms with E-state index in [0.717, 1.165) is 48.7 Å². The number of fused-ring (bicyclic) bond motifs is 7. The molecule has 0 amide bonds. The Labute approximate surface area is 280 Å². The molecule has 0 bridgehead atoms. The number of rotatable bonds is 4. The number of para-hydroxylation sites is 1. The van der Waals surface area contributed by atoms with Crippen LogP contribution in [-0.4, -0.2) is 34.4 Å². The summed E-state index contributed by atoms with van der Waals surface area (Å²) in [5.74, 6) is 1.87.